The first-order valence-electron chi connectivity index (χ1n) is 7.32. The summed E-state index contributed by atoms with van der Waals surface area (Å²) in [5, 5.41) is 0. The van der Waals surface area contributed by atoms with Crippen molar-refractivity contribution in [2.75, 3.05) is 26.7 Å². The lowest BCUT2D eigenvalue weighted by Crippen LogP contribution is -2.49. The summed E-state index contributed by atoms with van der Waals surface area (Å²) in [5.74, 6) is 1.26. The normalized spacial score (nSPS) is 24.0. The standard InChI is InChI=1S/C15H22N4O/c1-17-9-10-19(15(20)12-5-3-4-6-12)11-13(17)14-16-7-8-18(14)2/h5,7-8,13H,3-4,6,9-11H2,1-2H3/t13-/m0/s1. The molecule has 20 heavy (non-hydrogen) atoms. The molecule has 0 aromatic carbocycles. The maximum Gasteiger partial charge on any atom is 0.249 e. The summed E-state index contributed by atoms with van der Waals surface area (Å²) in [5.41, 5.74) is 1.01. The molecule has 0 N–H and O–H groups in total. The van der Waals surface area contributed by atoms with Crippen LogP contribution in [-0.2, 0) is 11.8 Å². The van der Waals surface area contributed by atoms with E-state index in [2.05, 4.69) is 23.0 Å². The van der Waals surface area contributed by atoms with Crippen LogP contribution in [0, 0.1) is 0 Å². The minimum atomic E-state index is 0.190. The molecule has 0 spiro atoms. The topological polar surface area (TPSA) is 41.4 Å². The van der Waals surface area contributed by atoms with Crippen molar-refractivity contribution in [3.63, 3.8) is 0 Å². The second-order valence-electron chi connectivity index (χ2n) is 5.77. The number of carbonyl (C=O) groups is 1. The predicted molar refractivity (Wildman–Crippen MR) is 77.1 cm³/mol. The number of nitrogens with zero attached hydrogens (tertiary/aromatic N) is 4. The first-order valence-corrected chi connectivity index (χ1v) is 7.32. The zero-order chi connectivity index (χ0) is 14.1. The van der Waals surface area contributed by atoms with Crippen molar-refractivity contribution in [1.82, 2.24) is 19.4 Å². The Balaban J connectivity index is 1.76. The Morgan fingerprint density at radius 2 is 2.20 bits per heavy atom. The highest BCUT2D eigenvalue weighted by atomic mass is 16.2. The molecule has 1 aromatic heterocycles. The molecule has 1 aliphatic heterocycles. The van der Waals surface area contributed by atoms with Gasteiger partial charge in [0.05, 0.1) is 6.04 Å². The summed E-state index contributed by atoms with van der Waals surface area (Å²) < 4.78 is 2.05. The van der Waals surface area contributed by atoms with Gasteiger partial charge >= 0.3 is 0 Å². The zero-order valence-electron chi connectivity index (χ0n) is 12.2. The van der Waals surface area contributed by atoms with Gasteiger partial charge in [-0.1, -0.05) is 6.08 Å². The van der Waals surface area contributed by atoms with E-state index in [0.29, 0.717) is 0 Å². The van der Waals surface area contributed by atoms with Gasteiger partial charge in [0.2, 0.25) is 5.91 Å². The molecule has 1 aliphatic carbocycles. The van der Waals surface area contributed by atoms with Crippen molar-refractivity contribution in [2.24, 2.45) is 7.05 Å². The van der Waals surface area contributed by atoms with Gasteiger partial charge in [-0.15, -0.1) is 0 Å². The number of likely N-dealkylation sites (N-methyl/N-ethyl adjacent to an activating group) is 1. The fraction of sp³-hybridized carbons (Fsp3) is 0.600. The summed E-state index contributed by atoms with van der Waals surface area (Å²) in [7, 11) is 4.12. The third-order valence-electron chi connectivity index (χ3n) is 4.41. The quantitative estimate of drug-likeness (QED) is 0.817. The average molecular weight is 274 g/mol. The molecule has 1 aromatic rings. The second-order valence-corrected chi connectivity index (χ2v) is 5.77. The van der Waals surface area contributed by atoms with Crippen LogP contribution in [0.15, 0.2) is 24.0 Å². The van der Waals surface area contributed by atoms with Crippen molar-refractivity contribution < 1.29 is 4.79 Å². The van der Waals surface area contributed by atoms with E-state index in [0.717, 1.165) is 50.3 Å². The lowest BCUT2D eigenvalue weighted by atomic mass is 10.1. The molecule has 0 unspecified atom stereocenters. The fourth-order valence-corrected chi connectivity index (χ4v) is 3.10. The van der Waals surface area contributed by atoms with Gasteiger partial charge in [-0.2, -0.15) is 0 Å². The zero-order valence-corrected chi connectivity index (χ0v) is 12.2. The van der Waals surface area contributed by atoms with Crippen LogP contribution >= 0.6 is 0 Å². The van der Waals surface area contributed by atoms with E-state index in [1.54, 1.807) is 0 Å². The maximum atomic E-state index is 12.5. The molecular weight excluding hydrogens is 252 g/mol. The number of aromatic nitrogens is 2. The molecular formula is C15H22N4O. The maximum absolute atomic E-state index is 12.5. The smallest absolute Gasteiger partial charge is 0.249 e. The molecule has 5 heteroatoms. The number of piperazine rings is 1. The molecule has 1 atom stereocenters. The Morgan fingerprint density at radius 1 is 1.35 bits per heavy atom. The van der Waals surface area contributed by atoms with Crippen molar-refractivity contribution in [3.8, 4) is 0 Å². The van der Waals surface area contributed by atoms with E-state index in [4.69, 9.17) is 0 Å². The molecule has 0 bridgehead atoms. The highest BCUT2D eigenvalue weighted by Crippen LogP contribution is 2.26. The number of imidazole rings is 1. The van der Waals surface area contributed by atoms with Crippen LogP contribution < -0.4 is 0 Å². The van der Waals surface area contributed by atoms with Crippen molar-refractivity contribution >= 4 is 5.91 Å². The Labute approximate surface area is 119 Å². The van der Waals surface area contributed by atoms with Crippen molar-refractivity contribution in [3.05, 3.63) is 29.9 Å². The van der Waals surface area contributed by atoms with Crippen LogP contribution in [0.4, 0.5) is 0 Å². The molecule has 1 fully saturated rings. The molecule has 0 radical (unpaired) electrons. The van der Waals surface area contributed by atoms with E-state index in [1.807, 2.05) is 28.9 Å². The molecule has 1 saturated heterocycles. The summed E-state index contributed by atoms with van der Waals surface area (Å²) >= 11 is 0. The van der Waals surface area contributed by atoms with E-state index >= 15 is 0 Å². The molecule has 2 heterocycles. The van der Waals surface area contributed by atoms with E-state index in [9.17, 15) is 4.79 Å². The van der Waals surface area contributed by atoms with Crippen LogP contribution in [0.2, 0.25) is 0 Å². The number of carbonyl (C=O) groups excluding carboxylic acids is 1. The SMILES string of the molecule is CN1CCN(C(=O)C2=CCCC2)C[C@H]1c1nccn1C. The minimum Gasteiger partial charge on any atom is -0.337 e. The van der Waals surface area contributed by atoms with Gasteiger partial charge in [0.1, 0.15) is 5.82 Å². The largest absolute Gasteiger partial charge is 0.337 e. The summed E-state index contributed by atoms with van der Waals surface area (Å²) in [6, 6.07) is 0.190. The number of hydrogen-bond acceptors (Lipinski definition) is 3. The summed E-state index contributed by atoms with van der Waals surface area (Å²) in [4.78, 5) is 21.3. The van der Waals surface area contributed by atoms with Gasteiger partial charge in [0.25, 0.3) is 0 Å². The first kappa shape index (κ1) is 13.4. The number of aryl methyl sites for hydroxylation is 1. The third-order valence-corrected chi connectivity index (χ3v) is 4.41. The van der Waals surface area contributed by atoms with E-state index in [-0.39, 0.29) is 11.9 Å². The van der Waals surface area contributed by atoms with E-state index in [1.165, 1.54) is 0 Å². The Morgan fingerprint density at radius 3 is 2.85 bits per heavy atom. The molecule has 1 amide bonds. The lowest BCUT2D eigenvalue weighted by Gasteiger charge is -2.39. The number of hydrogen-bond donors (Lipinski definition) is 0. The van der Waals surface area contributed by atoms with Gasteiger partial charge in [-0.3, -0.25) is 9.69 Å². The molecule has 108 valence electrons. The second kappa shape index (κ2) is 5.40. The monoisotopic (exact) mass is 274 g/mol. The van der Waals surface area contributed by atoms with Gasteiger partial charge in [0.15, 0.2) is 0 Å². The van der Waals surface area contributed by atoms with Gasteiger partial charge < -0.3 is 9.47 Å². The Kier molecular flexibility index (Phi) is 3.61. The van der Waals surface area contributed by atoms with Gasteiger partial charge in [0, 0.05) is 44.6 Å². The molecule has 0 saturated carbocycles. The van der Waals surface area contributed by atoms with Crippen molar-refractivity contribution in [2.45, 2.75) is 25.3 Å². The Bertz CT molecular complexity index is 534. The van der Waals surface area contributed by atoms with E-state index < -0.39 is 0 Å². The van der Waals surface area contributed by atoms with Gasteiger partial charge in [-0.25, -0.2) is 4.98 Å². The van der Waals surface area contributed by atoms with Crippen LogP contribution in [0.3, 0.4) is 0 Å². The molecule has 5 nitrogen and oxygen atoms in total. The Hall–Kier alpha value is -1.62. The fourth-order valence-electron chi connectivity index (χ4n) is 3.10. The molecule has 2 aliphatic rings. The summed E-state index contributed by atoms with van der Waals surface area (Å²) in [6.07, 6.45) is 9.01. The highest BCUT2D eigenvalue weighted by molar-refractivity contribution is 5.93. The number of allylic oxidation sites excluding steroid dienone is 1. The van der Waals surface area contributed by atoms with Crippen LogP contribution in [0.5, 0.6) is 0 Å². The van der Waals surface area contributed by atoms with Gasteiger partial charge in [-0.05, 0) is 26.3 Å². The minimum absolute atomic E-state index is 0.190. The highest BCUT2D eigenvalue weighted by Gasteiger charge is 2.31. The predicted octanol–water partition coefficient (Wildman–Crippen LogP) is 1.35. The summed E-state index contributed by atoms with van der Waals surface area (Å²) in [6.45, 7) is 2.45. The third kappa shape index (κ3) is 2.38. The number of amides is 1. The van der Waals surface area contributed by atoms with Crippen molar-refractivity contribution in [1.29, 1.82) is 0 Å². The number of rotatable bonds is 2. The van der Waals surface area contributed by atoms with Crippen LogP contribution in [0.1, 0.15) is 31.1 Å². The average Bonchev–Trinajstić information content (AvgIpc) is 3.10. The first-order chi connectivity index (χ1) is 9.66. The van der Waals surface area contributed by atoms with Crippen LogP contribution in [-0.4, -0.2) is 51.9 Å². The molecule has 3 rings (SSSR count). The lowest BCUT2D eigenvalue weighted by molar-refractivity contribution is -0.130. The van der Waals surface area contributed by atoms with Crippen LogP contribution in [0.25, 0.3) is 0 Å².